The van der Waals surface area contributed by atoms with Crippen molar-refractivity contribution in [2.24, 2.45) is 0 Å². The molecule has 3 saturated heterocycles. The molecule has 27 heavy (non-hydrogen) atoms. The summed E-state index contributed by atoms with van der Waals surface area (Å²) in [4.78, 5) is 29.3. The fourth-order valence-electron chi connectivity index (χ4n) is 4.59. The van der Waals surface area contributed by atoms with Gasteiger partial charge in [-0.15, -0.1) is 0 Å². The van der Waals surface area contributed by atoms with E-state index in [1.165, 1.54) is 0 Å². The quantitative estimate of drug-likeness (QED) is 0.843. The van der Waals surface area contributed by atoms with Gasteiger partial charge in [0.15, 0.2) is 0 Å². The number of nitrogens with zero attached hydrogens (tertiary/aromatic N) is 2. The van der Waals surface area contributed by atoms with E-state index in [2.05, 4.69) is 5.32 Å². The number of nitrogens with one attached hydrogen (secondary N) is 1. The van der Waals surface area contributed by atoms with Crippen LogP contribution in [0.3, 0.4) is 0 Å². The fraction of sp³-hybridized carbons (Fsp3) is 0.600. The van der Waals surface area contributed by atoms with Crippen molar-refractivity contribution in [2.75, 3.05) is 19.7 Å². The molecule has 0 aromatic heterocycles. The second-order valence-electron chi connectivity index (χ2n) is 7.70. The summed E-state index contributed by atoms with van der Waals surface area (Å²) < 4.78 is 5.92. The maximum absolute atomic E-state index is 12.9. The van der Waals surface area contributed by atoms with Crippen LogP contribution in [0.5, 0.6) is 0 Å². The lowest BCUT2D eigenvalue weighted by molar-refractivity contribution is -0.131. The molecular weight excluding hydrogens is 366 g/mol. The van der Waals surface area contributed by atoms with Gasteiger partial charge in [0.25, 0.3) is 0 Å². The molecule has 3 amide bonds. The molecule has 3 aliphatic heterocycles. The number of carbonyl (C=O) groups excluding carboxylic acids is 2. The Morgan fingerprint density at radius 1 is 1.30 bits per heavy atom. The van der Waals surface area contributed by atoms with Crippen LogP contribution in [0, 0.1) is 0 Å². The number of morpholine rings is 1. The largest absolute Gasteiger partial charge is 0.370 e. The van der Waals surface area contributed by atoms with Crippen molar-refractivity contribution in [3.8, 4) is 0 Å². The zero-order valence-corrected chi connectivity index (χ0v) is 16.3. The summed E-state index contributed by atoms with van der Waals surface area (Å²) in [5.41, 5.74) is 0.960. The topological polar surface area (TPSA) is 61.9 Å². The third-order valence-electron chi connectivity index (χ3n) is 6.01. The van der Waals surface area contributed by atoms with Crippen LogP contribution < -0.4 is 5.32 Å². The summed E-state index contributed by atoms with van der Waals surface area (Å²) in [5.74, 6) is 0.0698. The van der Waals surface area contributed by atoms with Crippen molar-refractivity contribution < 1.29 is 14.3 Å². The average Bonchev–Trinajstić information content (AvgIpc) is 2.98. The van der Waals surface area contributed by atoms with Gasteiger partial charge in [0.2, 0.25) is 5.91 Å². The summed E-state index contributed by atoms with van der Waals surface area (Å²) in [6.45, 7) is 3.77. The van der Waals surface area contributed by atoms with Crippen LogP contribution in [-0.2, 0) is 9.53 Å². The van der Waals surface area contributed by atoms with Crippen molar-refractivity contribution in [3.63, 3.8) is 0 Å². The number of halogens is 1. The fourth-order valence-corrected chi connectivity index (χ4v) is 4.79. The molecule has 4 rings (SSSR count). The normalized spacial score (nSPS) is 31.0. The molecule has 0 aliphatic carbocycles. The number of fused-ring (bicyclic) bond motifs is 1. The van der Waals surface area contributed by atoms with Crippen molar-refractivity contribution in [3.05, 3.63) is 34.9 Å². The minimum absolute atomic E-state index is 0.0698. The number of amides is 3. The number of hydrogen-bond donors (Lipinski definition) is 1. The Bertz CT molecular complexity index is 728. The van der Waals surface area contributed by atoms with Gasteiger partial charge in [-0.05, 0) is 50.3 Å². The van der Waals surface area contributed by atoms with Gasteiger partial charge in [-0.2, -0.15) is 0 Å². The lowest BCUT2D eigenvalue weighted by Crippen LogP contribution is -2.55. The van der Waals surface area contributed by atoms with Crippen LogP contribution in [-0.4, -0.2) is 59.6 Å². The Hall–Kier alpha value is -1.79. The first-order valence-electron chi connectivity index (χ1n) is 9.79. The molecule has 3 fully saturated rings. The summed E-state index contributed by atoms with van der Waals surface area (Å²) >= 11 is 6.11. The highest BCUT2D eigenvalue weighted by atomic mass is 35.5. The number of benzene rings is 1. The van der Waals surface area contributed by atoms with Gasteiger partial charge in [0, 0.05) is 24.2 Å². The maximum atomic E-state index is 12.9. The molecule has 0 radical (unpaired) electrons. The Kier molecular flexibility index (Phi) is 5.28. The lowest BCUT2D eigenvalue weighted by Gasteiger charge is -2.39. The summed E-state index contributed by atoms with van der Waals surface area (Å²) in [6.07, 6.45) is 3.76. The van der Waals surface area contributed by atoms with Gasteiger partial charge < -0.3 is 19.9 Å². The molecule has 1 aromatic carbocycles. The molecule has 4 atom stereocenters. The minimum atomic E-state index is -0.403. The Labute approximate surface area is 164 Å². The van der Waals surface area contributed by atoms with E-state index in [9.17, 15) is 9.59 Å². The van der Waals surface area contributed by atoms with Crippen LogP contribution in [0.15, 0.2) is 24.3 Å². The molecule has 7 heteroatoms. The highest BCUT2D eigenvalue weighted by Gasteiger charge is 2.42. The predicted molar refractivity (Wildman–Crippen MR) is 103 cm³/mol. The number of ether oxygens (including phenoxy) is 1. The van der Waals surface area contributed by atoms with E-state index in [1.54, 1.807) is 4.90 Å². The summed E-state index contributed by atoms with van der Waals surface area (Å²) in [6, 6.07) is 7.12. The molecule has 0 saturated carbocycles. The molecule has 2 unspecified atom stereocenters. The van der Waals surface area contributed by atoms with Crippen LogP contribution >= 0.6 is 11.6 Å². The molecule has 6 nitrogen and oxygen atoms in total. The van der Waals surface area contributed by atoms with E-state index in [0.717, 1.165) is 37.8 Å². The number of piperidine rings is 1. The number of carbonyl (C=O) groups is 2. The molecule has 0 spiro atoms. The second-order valence-corrected chi connectivity index (χ2v) is 8.14. The standard InChI is InChI=1S/C20H26ClN3O3/c1-13-18(14-5-4-6-15(21)11-14)27-10-9-23(13)20(26)22-17-12-16-7-2-3-8-24(16)19(17)25/h4-6,11,13,16-18H,2-3,7-10,12H2,1H3,(H,22,26)/t13-,16?,17?,18+/m1/s1. The van der Waals surface area contributed by atoms with Crippen molar-refractivity contribution in [1.82, 2.24) is 15.1 Å². The van der Waals surface area contributed by atoms with E-state index < -0.39 is 6.04 Å². The van der Waals surface area contributed by atoms with Crippen LogP contribution in [0.25, 0.3) is 0 Å². The van der Waals surface area contributed by atoms with E-state index in [4.69, 9.17) is 16.3 Å². The van der Waals surface area contributed by atoms with Crippen molar-refractivity contribution in [1.29, 1.82) is 0 Å². The lowest BCUT2D eigenvalue weighted by atomic mass is 10.0. The first-order valence-corrected chi connectivity index (χ1v) is 10.2. The molecule has 3 aliphatic rings. The first kappa shape index (κ1) is 18.6. The third-order valence-corrected chi connectivity index (χ3v) is 6.25. The van der Waals surface area contributed by atoms with E-state index in [0.29, 0.717) is 18.2 Å². The minimum Gasteiger partial charge on any atom is -0.370 e. The van der Waals surface area contributed by atoms with E-state index in [1.807, 2.05) is 36.1 Å². The van der Waals surface area contributed by atoms with Gasteiger partial charge >= 0.3 is 6.03 Å². The predicted octanol–water partition coefficient (Wildman–Crippen LogP) is 2.96. The number of urea groups is 1. The molecule has 3 heterocycles. The highest BCUT2D eigenvalue weighted by Crippen LogP contribution is 2.31. The van der Waals surface area contributed by atoms with Gasteiger partial charge in [-0.3, -0.25) is 4.79 Å². The first-order chi connectivity index (χ1) is 13.0. The van der Waals surface area contributed by atoms with Gasteiger partial charge in [-0.1, -0.05) is 23.7 Å². The molecule has 1 N–H and O–H groups in total. The SMILES string of the molecule is C[C@@H]1[C@@H](c2cccc(Cl)c2)OCCN1C(=O)NC1CC2CCCCN2C1=O. The van der Waals surface area contributed by atoms with Gasteiger partial charge in [0.05, 0.1) is 12.6 Å². The Morgan fingerprint density at radius 3 is 2.93 bits per heavy atom. The van der Waals surface area contributed by atoms with Crippen LogP contribution in [0.2, 0.25) is 5.02 Å². The highest BCUT2D eigenvalue weighted by molar-refractivity contribution is 6.30. The van der Waals surface area contributed by atoms with Gasteiger partial charge in [0.1, 0.15) is 12.1 Å². The smallest absolute Gasteiger partial charge is 0.318 e. The average molecular weight is 392 g/mol. The Morgan fingerprint density at radius 2 is 2.15 bits per heavy atom. The van der Waals surface area contributed by atoms with Gasteiger partial charge in [-0.25, -0.2) is 4.79 Å². The molecular formula is C20H26ClN3O3. The monoisotopic (exact) mass is 391 g/mol. The zero-order valence-electron chi connectivity index (χ0n) is 15.6. The maximum Gasteiger partial charge on any atom is 0.318 e. The number of hydrogen-bond acceptors (Lipinski definition) is 3. The molecule has 146 valence electrons. The third kappa shape index (κ3) is 3.65. The zero-order chi connectivity index (χ0) is 19.0. The van der Waals surface area contributed by atoms with E-state index >= 15 is 0 Å². The summed E-state index contributed by atoms with van der Waals surface area (Å²) in [5, 5.41) is 3.63. The summed E-state index contributed by atoms with van der Waals surface area (Å²) in [7, 11) is 0. The molecule has 1 aromatic rings. The molecule has 0 bridgehead atoms. The van der Waals surface area contributed by atoms with Crippen molar-refractivity contribution in [2.45, 2.75) is 56.8 Å². The second kappa shape index (κ2) is 7.68. The number of rotatable bonds is 2. The van der Waals surface area contributed by atoms with E-state index in [-0.39, 0.29) is 30.1 Å². The van der Waals surface area contributed by atoms with Crippen LogP contribution in [0.1, 0.15) is 44.3 Å². The van der Waals surface area contributed by atoms with Crippen molar-refractivity contribution >= 4 is 23.5 Å². The Balaban J connectivity index is 1.43. The van der Waals surface area contributed by atoms with Crippen LogP contribution in [0.4, 0.5) is 4.79 Å².